The van der Waals surface area contributed by atoms with Crippen LogP contribution in [-0.2, 0) is 5.41 Å². The minimum absolute atomic E-state index is 0.0145. The fraction of sp³-hybridized carbons (Fsp3) is 0.481. The molecule has 2 aromatic carbocycles. The summed E-state index contributed by atoms with van der Waals surface area (Å²) in [5.41, 5.74) is 2.05. The summed E-state index contributed by atoms with van der Waals surface area (Å²) in [4.78, 5) is 17.3. The maximum atomic E-state index is 13.7. The average Bonchev–Trinajstić information content (AvgIpc) is 3.43. The zero-order chi connectivity index (χ0) is 24.6. The number of urea groups is 1. The number of likely N-dealkylation sites (tertiary alicyclic amines) is 1. The van der Waals surface area contributed by atoms with Crippen LogP contribution < -0.4 is 5.32 Å². The number of rotatable bonds is 6. The maximum absolute atomic E-state index is 13.7. The Morgan fingerprint density at radius 2 is 2.03 bits per heavy atom. The van der Waals surface area contributed by atoms with Crippen molar-refractivity contribution >= 4 is 11.7 Å². The van der Waals surface area contributed by atoms with Crippen LogP contribution in [0.2, 0.25) is 0 Å². The highest BCUT2D eigenvalue weighted by Crippen LogP contribution is 2.62. The number of benzene rings is 2. The van der Waals surface area contributed by atoms with Gasteiger partial charge in [-0.25, -0.2) is 13.6 Å². The van der Waals surface area contributed by atoms with E-state index in [0.29, 0.717) is 31.1 Å². The zero-order valence-corrected chi connectivity index (χ0v) is 19.6. The highest BCUT2D eigenvalue weighted by molar-refractivity contribution is 5.89. The van der Waals surface area contributed by atoms with Gasteiger partial charge < -0.3 is 15.3 Å². The Balaban J connectivity index is 1.30. The number of hydrogen-bond donors (Lipinski definition) is 2. The molecule has 4 atom stereocenters. The minimum Gasteiger partial charge on any atom is -0.392 e. The van der Waals surface area contributed by atoms with Crippen molar-refractivity contribution in [2.24, 2.45) is 5.92 Å². The van der Waals surface area contributed by atoms with Crippen molar-refractivity contribution in [3.8, 4) is 6.07 Å². The van der Waals surface area contributed by atoms with Crippen LogP contribution in [0.4, 0.5) is 19.3 Å². The Morgan fingerprint density at radius 3 is 2.71 bits per heavy atom. The van der Waals surface area contributed by atoms with E-state index in [1.54, 1.807) is 4.90 Å². The molecule has 184 valence electrons. The second-order valence-electron chi connectivity index (χ2n) is 10.2. The highest BCUT2D eigenvalue weighted by atomic mass is 19.1. The normalized spacial score (nSPS) is 27.7. The lowest BCUT2D eigenvalue weighted by Gasteiger charge is -2.37. The summed E-state index contributed by atoms with van der Waals surface area (Å²) in [5.74, 6) is -1.04. The summed E-state index contributed by atoms with van der Waals surface area (Å²) in [6.45, 7) is 2.50. The van der Waals surface area contributed by atoms with Crippen molar-refractivity contribution in [1.29, 1.82) is 5.26 Å². The molecule has 1 unspecified atom stereocenters. The molecule has 0 radical (unpaired) electrons. The maximum Gasteiger partial charge on any atom is 0.322 e. The first-order chi connectivity index (χ1) is 16.9. The van der Waals surface area contributed by atoms with Crippen LogP contribution in [0, 0.1) is 28.9 Å². The largest absolute Gasteiger partial charge is 0.392 e. The van der Waals surface area contributed by atoms with Gasteiger partial charge in [0.1, 0.15) is 11.6 Å². The van der Waals surface area contributed by atoms with E-state index in [2.05, 4.69) is 22.4 Å². The predicted octanol–water partition coefficient (Wildman–Crippen LogP) is 4.25. The number of carbonyl (C=O) groups is 1. The second kappa shape index (κ2) is 9.56. The first-order valence-electron chi connectivity index (χ1n) is 12.3. The van der Waals surface area contributed by atoms with Gasteiger partial charge in [0.2, 0.25) is 0 Å². The average molecular weight is 481 g/mol. The quantitative estimate of drug-likeness (QED) is 0.648. The summed E-state index contributed by atoms with van der Waals surface area (Å²) >= 11 is 0. The van der Waals surface area contributed by atoms with Crippen LogP contribution in [0.3, 0.4) is 0 Å². The number of anilines is 1. The van der Waals surface area contributed by atoms with Gasteiger partial charge in [-0.05, 0) is 73.3 Å². The lowest BCUT2D eigenvalue weighted by atomic mass is 9.80. The number of carbonyl (C=O) groups excluding carboxylic acids is 1. The number of fused-ring (bicyclic) bond motifs is 1. The molecule has 0 bridgehead atoms. The van der Waals surface area contributed by atoms with Gasteiger partial charge in [0.05, 0.1) is 17.7 Å². The molecule has 5 rings (SSSR count). The SMILES string of the molecule is N#Cc1cccc([C@@]23CC[C@@H](N(CCN4CC[C@@H](O)C4)C(=O)Nc4cc(F)cc(F)c4)CC2C3)c1. The van der Waals surface area contributed by atoms with Gasteiger partial charge in [0.15, 0.2) is 0 Å². The van der Waals surface area contributed by atoms with E-state index < -0.39 is 11.6 Å². The summed E-state index contributed by atoms with van der Waals surface area (Å²) in [6.07, 6.45) is 4.04. The first-order valence-corrected chi connectivity index (χ1v) is 12.3. The number of nitriles is 1. The van der Waals surface area contributed by atoms with Crippen LogP contribution in [0.5, 0.6) is 0 Å². The first kappa shape index (κ1) is 23.7. The molecule has 6 nitrogen and oxygen atoms in total. The van der Waals surface area contributed by atoms with Gasteiger partial charge in [-0.2, -0.15) is 5.26 Å². The van der Waals surface area contributed by atoms with Gasteiger partial charge in [-0.15, -0.1) is 0 Å². The molecule has 2 amide bonds. The molecule has 0 aromatic heterocycles. The van der Waals surface area contributed by atoms with E-state index in [-0.39, 0.29) is 29.3 Å². The molecule has 2 N–H and O–H groups in total. The standard InChI is InChI=1S/C27H30F2N4O2/c28-21-12-22(29)14-23(13-21)31-26(35)33(9-8-32-7-5-25(34)17-32)24-4-6-27(15-20(27)11-24)19-3-1-2-18(10-19)16-30/h1-3,10,12-14,20,24-25,34H,4-9,11,15,17H2,(H,31,35)/t20?,24-,25-,27+/m1/s1. The van der Waals surface area contributed by atoms with E-state index in [1.807, 2.05) is 18.2 Å². The third-order valence-corrected chi connectivity index (χ3v) is 8.00. The molecule has 1 aliphatic heterocycles. The van der Waals surface area contributed by atoms with E-state index in [9.17, 15) is 23.9 Å². The number of hydrogen-bond acceptors (Lipinski definition) is 4. The molecule has 2 aliphatic carbocycles. The Morgan fingerprint density at radius 1 is 1.23 bits per heavy atom. The number of nitrogens with zero attached hydrogens (tertiary/aromatic N) is 3. The van der Waals surface area contributed by atoms with Crippen molar-refractivity contribution in [3.05, 3.63) is 65.2 Å². The smallest absolute Gasteiger partial charge is 0.322 e. The van der Waals surface area contributed by atoms with Crippen LogP contribution in [0.1, 0.15) is 43.2 Å². The summed E-state index contributed by atoms with van der Waals surface area (Å²) in [5, 5.41) is 21.8. The Bertz CT molecular complexity index is 1130. The monoisotopic (exact) mass is 480 g/mol. The summed E-state index contributed by atoms with van der Waals surface area (Å²) in [6, 6.07) is 12.7. The van der Waals surface area contributed by atoms with Gasteiger partial charge in [0.25, 0.3) is 0 Å². The fourth-order valence-electron chi connectivity index (χ4n) is 6.08. The molecule has 1 saturated heterocycles. The molecular weight excluding hydrogens is 450 g/mol. The number of aliphatic hydroxyl groups is 1. The number of amides is 2. The predicted molar refractivity (Wildman–Crippen MR) is 128 cm³/mol. The molecule has 0 spiro atoms. The highest BCUT2D eigenvalue weighted by Gasteiger charge is 2.58. The van der Waals surface area contributed by atoms with Gasteiger partial charge in [-0.1, -0.05) is 12.1 Å². The molecule has 3 aliphatic rings. The van der Waals surface area contributed by atoms with Gasteiger partial charge >= 0.3 is 6.03 Å². The summed E-state index contributed by atoms with van der Waals surface area (Å²) < 4.78 is 27.4. The van der Waals surface area contributed by atoms with Crippen LogP contribution in [0.15, 0.2) is 42.5 Å². The Kier molecular flexibility index (Phi) is 6.47. The zero-order valence-electron chi connectivity index (χ0n) is 19.6. The number of nitrogens with one attached hydrogen (secondary N) is 1. The van der Waals surface area contributed by atoms with E-state index in [4.69, 9.17) is 0 Å². The molecule has 3 fully saturated rings. The third-order valence-electron chi connectivity index (χ3n) is 8.00. The Labute approximate surface area is 204 Å². The van der Waals surface area contributed by atoms with Crippen molar-refractivity contribution in [3.63, 3.8) is 0 Å². The van der Waals surface area contributed by atoms with Crippen LogP contribution in [0.25, 0.3) is 0 Å². The van der Waals surface area contributed by atoms with Crippen molar-refractivity contribution in [2.45, 2.75) is 49.7 Å². The third kappa shape index (κ3) is 5.02. The van der Waals surface area contributed by atoms with Crippen molar-refractivity contribution in [2.75, 3.05) is 31.5 Å². The van der Waals surface area contributed by atoms with Gasteiger partial charge in [-0.3, -0.25) is 4.90 Å². The molecule has 1 heterocycles. The Hall–Kier alpha value is -3.02. The molecule has 2 saturated carbocycles. The van der Waals surface area contributed by atoms with E-state index in [0.717, 1.165) is 56.8 Å². The van der Waals surface area contributed by atoms with Gasteiger partial charge in [0, 0.05) is 44.0 Å². The molecule has 8 heteroatoms. The summed E-state index contributed by atoms with van der Waals surface area (Å²) in [7, 11) is 0. The number of β-amino-alcohol motifs (C(OH)–C–C–N with tert-alkyl or cyclic N) is 1. The molecular formula is C27H30F2N4O2. The minimum atomic E-state index is -0.738. The van der Waals surface area contributed by atoms with Crippen LogP contribution >= 0.6 is 0 Å². The lowest BCUT2D eigenvalue weighted by molar-refractivity contribution is 0.142. The molecule has 2 aromatic rings. The topological polar surface area (TPSA) is 79.6 Å². The van der Waals surface area contributed by atoms with Crippen molar-refractivity contribution < 1.29 is 18.7 Å². The second-order valence-corrected chi connectivity index (χ2v) is 10.2. The van der Waals surface area contributed by atoms with E-state index >= 15 is 0 Å². The van der Waals surface area contributed by atoms with Crippen molar-refractivity contribution in [1.82, 2.24) is 9.80 Å². The van der Waals surface area contributed by atoms with E-state index in [1.165, 1.54) is 5.56 Å². The number of aliphatic hydroxyl groups excluding tert-OH is 1. The fourth-order valence-corrected chi connectivity index (χ4v) is 6.08. The van der Waals surface area contributed by atoms with Crippen LogP contribution in [-0.4, -0.2) is 59.3 Å². The lowest BCUT2D eigenvalue weighted by Crippen LogP contribution is -2.48. The number of halogens is 2. The molecule has 35 heavy (non-hydrogen) atoms.